The van der Waals surface area contributed by atoms with Crippen LogP contribution >= 0.6 is 0 Å². The van der Waals surface area contributed by atoms with Gasteiger partial charge in [0, 0.05) is 6.04 Å². The SMILES string of the molecule is Cc1ccc(C(C)Nc2ccc(C(=O)O)nn2)cc1. The van der Waals surface area contributed by atoms with Gasteiger partial charge in [0.05, 0.1) is 0 Å². The Hall–Kier alpha value is -2.43. The normalized spacial score (nSPS) is 11.9. The van der Waals surface area contributed by atoms with Crippen LogP contribution in [0.25, 0.3) is 0 Å². The minimum Gasteiger partial charge on any atom is -0.476 e. The van der Waals surface area contributed by atoms with Crippen molar-refractivity contribution in [1.82, 2.24) is 10.2 Å². The molecule has 19 heavy (non-hydrogen) atoms. The summed E-state index contributed by atoms with van der Waals surface area (Å²) in [5.74, 6) is -0.524. The van der Waals surface area contributed by atoms with Gasteiger partial charge in [-0.05, 0) is 31.5 Å². The summed E-state index contributed by atoms with van der Waals surface area (Å²) in [6.45, 7) is 4.05. The second-order valence-corrected chi connectivity index (χ2v) is 4.39. The molecule has 98 valence electrons. The van der Waals surface area contributed by atoms with Gasteiger partial charge in [0.15, 0.2) is 5.69 Å². The number of benzene rings is 1. The van der Waals surface area contributed by atoms with Crippen molar-refractivity contribution in [3.05, 3.63) is 53.2 Å². The van der Waals surface area contributed by atoms with Crippen molar-refractivity contribution in [2.24, 2.45) is 0 Å². The molecule has 1 unspecified atom stereocenters. The molecule has 0 fully saturated rings. The second kappa shape index (κ2) is 5.48. The number of carboxylic acids is 1. The first kappa shape index (κ1) is 13.0. The van der Waals surface area contributed by atoms with Gasteiger partial charge >= 0.3 is 5.97 Å². The zero-order valence-corrected chi connectivity index (χ0v) is 10.8. The molecule has 0 saturated heterocycles. The average molecular weight is 257 g/mol. The summed E-state index contributed by atoms with van der Waals surface area (Å²) in [4.78, 5) is 10.7. The van der Waals surface area contributed by atoms with E-state index in [-0.39, 0.29) is 11.7 Å². The number of aromatic carboxylic acids is 1. The fourth-order valence-electron chi connectivity index (χ4n) is 1.68. The molecule has 0 aliphatic rings. The van der Waals surface area contributed by atoms with E-state index in [0.717, 1.165) is 5.56 Å². The number of carbonyl (C=O) groups is 1. The highest BCUT2D eigenvalue weighted by Gasteiger charge is 2.08. The van der Waals surface area contributed by atoms with Gasteiger partial charge in [0.2, 0.25) is 0 Å². The molecule has 2 aromatic rings. The van der Waals surface area contributed by atoms with E-state index < -0.39 is 5.97 Å². The molecule has 0 radical (unpaired) electrons. The molecule has 2 N–H and O–H groups in total. The van der Waals surface area contributed by atoms with Crippen molar-refractivity contribution in [2.45, 2.75) is 19.9 Å². The van der Waals surface area contributed by atoms with E-state index in [9.17, 15) is 4.79 Å². The number of carboxylic acid groups (broad SMARTS) is 1. The van der Waals surface area contributed by atoms with Crippen molar-refractivity contribution in [2.75, 3.05) is 5.32 Å². The van der Waals surface area contributed by atoms with Crippen LogP contribution < -0.4 is 5.32 Å². The number of anilines is 1. The molecule has 0 saturated carbocycles. The van der Waals surface area contributed by atoms with Gasteiger partial charge in [-0.3, -0.25) is 0 Å². The second-order valence-electron chi connectivity index (χ2n) is 4.39. The van der Waals surface area contributed by atoms with Crippen molar-refractivity contribution in [3.63, 3.8) is 0 Å². The van der Waals surface area contributed by atoms with E-state index >= 15 is 0 Å². The zero-order chi connectivity index (χ0) is 13.8. The van der Waals surface area contributed by atoms with E-state index in [1.165, 1.54) is 11.6 Å². The molecule has 2 rings (SSSR count). The van der Waals surface area contributed by atoms with E-state index in [1.54, 1.807) is 6.07 Å². The highest BCUT2D eigenvalue weighted by molar-refractivity contribution is 5.85. The smallest absolute Gasteiger partial charge is 0.356 e. The van der Waals surface area contributed by atoms with Gasteiger partial charge in [-0.15, -0.1) is 10.2 Å². The monoisotopic (exact) mass is 257 g/mol. The lowest BCUT2D eigenvalue weighted by atomic mass is 10.1. The summed E-state index contributed by atoms with van der Waals surface area (Å²) in [6.07, 6.45) is 0. The molecule has 0 spiro atoms. The van der Waals surface area contributed by atoms with Crippen LogP contribution in [0.4, 0.5) is 5.82 Å². The maximum Gasteiger partial charge on any atom is 0.356 e. The lowest BCUT2D eigenvalue weighted by Gasteiger charge is -2.14. The Labute approximate surface area is 111 Å². The zero-order valence-electron chi connectivity index (χ0n) is 10.8. The summed E-state index contributed by atoms with van der Waals surface area (Å²) in [6, 6.07) is 11.3. The maximum absolute atomic E-state index is 10.7. The fourth-order valence-corrected chi connectivity index (χ4v) is 1.68. The third-order valence-electron chi connectivity index (χ3n) is 2.83. The Bertz CT molecular complexity index is 564. The maximum atomic E-state index is 10.7. The molecule has 1 aromatic carbocycles. The molecular formula is C14H15N3O2. The molecule has 5 heteroatoms. The predicted molar refractivity (Wildman–Crippen MR) is 72.2 cm³/mol. The molecule has 1 atom stereocenters. The molecule has 1 aromatic heterocycles. The summed E-state index contributed by atoms with van der Waals surface area (Å²) in [7, 11) is 0. The predicted octanol–water partition coefficient (Wildman–Crippen LogP) is 2.66. The van der Waals surface area contributed by atoms with Gasteiger partial charge in [0.1, 0.15) is 5.82 Å². The molecular weight excluding hydrogens is 242 g/mol. The van der Waals surface area contributed by atoms with Gasteiger partial charge in [-0.2, -0.15) is 0 Å². The minimum atomic E-state index is -1.08. The Morgan fingerprint density at radius 2 is 1.84 bits per heavy atom. The highest BCUT2D eigenvalue weighted by atomic mass is 16.4. The number of aromatic nitrogens is 2. The van der Waals surface area contributed by atoms with Crippen molar-refractivity contribution in [1.29, 1.82) is 0 Å². The third kappa shape index (κ3) is 3.28. The quantitative estimate of drug-likeness (QED) is 0.880. The number of hydrogen-bond donors (Lipinski definition) is 2. The van der Waals surface area contributed by atoms with E-state index in [4.69, 9.17) is 5.11 Å². The first-order chi connectivity index (χ1) is 9.06. The molecule has 0 aliphatic carbocycles. The van der Waals surface area contributed by atoms with Gasteiger partial charge < -0.3 is 10.4 Å². The van der Waals surface area contributed by atoms with Crippen molar-refractivity contribution >= 4 is 11.8 Å². The van der Waals surface area contributed by atoms with Crippen LogP contribution in [0.3, 0.4) is 0 Å². The van der Waals surface area contributed by atoms with Crippen LogP contribution in [0.1, 0.15) is 34.6 Å². The van der Waals surface area contributed by atoms with Crippen LogP contribution in [-0.2, 0) is 0 Å². The Morgan fingerprint density at radius 3 is 2.37 bits per heavy atom. The average Bonchev–Trinajstić information content (AvgIpc) is 2.40. The highest BCUT2D eigenvalue weighted by Crippen LogP contribution is 2.17. The number of nitrogens with one attached hydrogen (secondary N) is 1. The minimum absolute atomic E-state index is 0.0615. The van der Waals surface area contributed by atoms with Crippen LogP contribution in [-0.4, -0.2) is 21.3 Å². The number of aryl methyl sites for hydroxylation is 1. The Kier molecular flexibility index (Phi) is 3.75. The van der Waals surface area contributed by atoms with E-state index in [2.05, 4.69) is 15.5 Å². The molecule has 5 nitrogen and oxygen atoms in total. The first-order valence-corrected chi connectivity index (χ1v) is 5.96. The summed E-state index contributed by atoms with van der Waals surface area (Å²) in [5.41, 5.74) is 2.28. The molecule has 0 aliphatic heterocycles. The Morgan fingerprint density at radius 1 is 1.16 bits per heavy atom. The largest absolute Gasteiger partial charge is 0.476 e. The fraction of sp³-hybridized carbons (Fsp3) is 0.214. The van der Waals surface area contributed by atoms with E-state index in [0.29, 0.717) is 5.82 Å². The van der Waals surface area contributed by atoms with Crippen molar-refractivity contribution in [3.8, 4) is 0 Å². The number of nitrogens with zero attached hydrogens (tertiary/aromatic N) is 2. The molecule has 0 amide bonds. The standard InChI is InChI=1S/C14H15N3O2/c1-9-3-5-11(6-4-9)10(2)15-13-8-7-12(14(18)19)16-17-13/h3-8,10H,1-2H3,(H,15,17)(H,18,19). The number of hydrogen-bond acceptors (Lipinski definition) is 4. The molecule has 0 bridgehead atoms. The van der Waals surface area contributed by atoms with Crippen LogP contribution in [0.15, 0.2) is 36.4 Å². The Balaban J connectivity index is 2.08. The topological polar surface area (TPSA) is 75.1 Å². The lowest BCUT2D eigenvalue weighted by molar-refractivity contribution is 0.0689. The van der Waals surface area contributed by atoms with Crippen LogP contribution in [0, 0.1) is 6.92 Å². The van der Waals surface area contributed by atoms with Gasteiger partial charge in [0.25, 0.3) is 0 Å². The first-order valence-electron chi connectivity index (χ1n) is 5.96. The van der Waals surface area contributed by atoms with Crippen molar-refractivity contribution < 1.29 is 9.90 Å². The summed E-state index contributed by atoms with van der Waals surface area (Å²) < 4.78 is 0. The number of rotatable bonds is 4. The van der Waals surface area contributed by atoms with Crippen LogP contribution in [0.2, 0.25) is 0 Å². The van der Waals surface area contributed by atoms with Gasteiger partial charge in [-0.25, -0.2) is 4.79 Å². The molecule has 1 heterocycles. The van der Waals surface area contributed by atoms with E-state index in [1.807, 2.05) is 38.1 Å². The third-order valence-corrected chi connectivity index (χ3v) is 2.83. The summed E-state index contributed by atoms with van der Waals surface area (Å²) in [5, 5.41) is 19.4. The summed E-state index contributed by atoms with van der Waals surface area (Å²) >= 11 is 0. The van der Waals surface area contributed by atoms with Crippen LogP contribution in [0.5, 0.6) is 0 Å². The lowest BCUT2D eigenvalue weighted by Crippen LogP contribution is -2.10. The van der Waals surface area contributed by atoms with Gasteiger partial charge in [-0.1, -0.05) is 29.8 Å².